The lowest BCUT2D eigenvalue weighted by Crippen LogP contribution is -2.19. The molecule has 0 fully saturated rings. The van der Waals surface area contributed by atoms with Crippen molar-refractivity contribution < 1.29 is 0 Å². The average molecular weight is 316 g/mol. The van der Waals surface area contributed by atoms with Gasteiger partial charge in [-0.05, 0) is 25.7 Å². The largest absolute Gasteiger partial charge is 0.340 e. The number of nitrogens with one attached hydrogen (secondary N) is 1. The molecule has 2 aromatic carbocycles. The van der Waals surface area contributed by atoms with Crippen molar-refractivity contribution in [3.05, 3.63) is 71.3 Å². The third kappa shape index (κ3) is 3.22. The van der Waals surface area contributed by atoms with Crippen LogP contribution in [0.2, 0.25) is 0 Å². The zero-order valence-electron chi connectivity index (χ0n) is 14.0. The topological polar surface area (TPSA) is 51.4 Å². The molecule has 4 nitrogen and oxygen atoms in total. The Morgan fingerprint density at radius 1 is 1.04 bits per heavy atom. The molecule has 1 aliphatic rings. The lowest BCUT2D eigenvalue weighted by molar-refractivity contribution is 0.420. The van der Waals surface area contributed by atoms with Gasteiger partial charge in [0, 0.05) is 35.0 Å². The molecule has 24 heavy (non-hydrogen) atoms. The Bertz CT molecular complexity index is 841. The van der Waals surface area contributed by atoms with Crippen LogP contribution in [0.4, 0.5) is 5.69 Å². The van der Waals surface area contributed by atoms with Crippen molar-refractivity contribution in [2.24, 2.45) is 4.99 Å². The van der Waals surface area contributed by atoms with Crippen LogP contribution in [0.15, 0.2) is 59.6 Å². The summed E-state index contributed by atoms with van der Waals surface area (Å²) < 4.78 is 0. The van der Waals surface area contributed by atoms with Crippen molar-refractivity contribution in [1.29, 1.82) is 5.26 Å². The third-order valence-electron chi connectivity index (χ3n) is 3.97. The monoisotopic (exact) mass is 316 g/mol. The van der Waals surface area contributed by atoms with Crippen LogP contribution < -0.4 is 5.32 Å². The van der Waals surface area contributed by atoms with Crippen LogP contribution in [0.25, 0.3) is 5.57 Å². The highest BCUT2D eigenvalue weighted by Crippen LogP contribution is 2.34. The Hall–Kier alpha value is -2.90. The van der Waals surface area contributed by atoms with Crippen LogP contribution in [-0.2, 0) is 0 Å². The molecule has 0 spiro atoms. The number of likely N-dealkylation sites (N-methyl/N-ethyl adjacent to an activating group) is 1. The van der Waals surface area contributed by atoms with Gasteiger partial charge in [-0.2, -0.15) is 5.26 Å². The number of anilines is 1. The summed E-state index contributed by atoms with van der Waals surface area (Å²) in [5.74, 6) is 0.848. The molecule has 1 aliphatic heterocycles. The predicted octanol–water partition coefficient (Wildman–Crippen LogP) is 3.38. The normalized spacial score (nSPS) is 16.2. The van der Waals surface area contributed by atoms with E-state index in [2.05, 4.69) is 16.3 Å². The molecule has 0 unspecified atom stereocenters. The second kappa shape index (κ2) is 7.12. The zero-order chi connectivity index (χ0) is 16.9. The molecular weight excluding hydrogens is 296 g/mol. The minimum Gasteiger partial charge on any atom is -0.340 e. The van der Waals surface area contributed by atoms with E-state index in [-0.39, 0.29) is 0 Å². The smallest absolute Gasteiger partial charge is 0.133 e. The van der Waals surface area contributed by atoms with Crippen LogP contribution in [-0.4, -0.2) is 37.9 Å². The fourth-order valence-electron chi connectivity index (χ4n) is 2.80. The molecule has 0 amide bonds. The van der Waals surface area contributed by atoms with E-state index in [0.29, 0.717) is 6.54 Å². The van der Waals surface area contributed by atoms with Crippen molar-refractivity contribution in [3.63, 3.8) is 0 Å². The van der Waals surface area contributed by atoms with E-state index in [9.17, 15) is 5.26 Å². The van der Waals surface area contributed by atoms with E-state index >= 15 is 0 Å². The molecule has 1 N–H and O–H groups in total. The van der Waals surface area contributed by atoms with Crippen LogP contribution in [0.3, 0.4) is 0 Å². The van der Waals surface area contributed by atoms with E-state index in [1.54, 1.807) is 6.08 Å². The molecule has 0 saturated heterocycles. The molecule has 0 aromatic heterocycles. The number of nitrogens with zero attached hydrogens (tertiary/aromatic N) is 3. The summed E-state index contributed by atoms with van der Waals surface area (Å²) in [7, 11) is 4.08. The van der Waals surface area contributed by atoms with Gasteiger partial charge in [-0.15, -0.1) is 0 Å². The van der Waals surface area contributed by atoms with Gasteiger partial charge >= 0.3 is 0 Å². The van der Waals surface area contributed by atoms with E-state index in [0.717, 1.165) is 40.3 Å². The molecule has 0 radical (unpaired) electrons. The quantitative estimate of drug-likeness (QED) is 0.883. The Kier molecular flexibility index (Phi) is 4.74. The van der Waals surface area contributed by atoms with Gasteiger partial charge in [-0.3, -0.25) is 4.99 Å². The lowest BCUT2D eigenvalue weighted by Gasteiger charge is -2.11. The number of hydrogen-bond donors (Lipinski definition) is 1. The Morgan fingerprint density at radius 3 is 2.42 bits per heavy atom. The van der Waals surface area contributed by atoms with Crippen molar-refractivity contribution >= 4 is 17.1 Å². The molecule has 0 saturated carbocycles. The van der Waals surface area contributed by atoms with E-state index in [1.165, 1.54) is 0 Å². The van der Waals surface area contributed by atoms with Crippen molar-refractivity contribution in [2.75, 3.05) is 32.5 Å². The number of hydrogen-bond acceptors (Lipinski definition) is 3. The fourth-order valence-corrected chi connectivity index (χ4v) is 2.80. The summed E-state index contributed by atoms with van der Waals surface area (Å²) in [5.41, 5.74) is 4.96. The highest BCUT2D eigenvalue weighted by molar-refractivity contribution is 6.15. The predicted molar refractivity (Wildman–Crippen MR) is 99.2 cm³/mol. The van der Waals surface area contributed by atoms with Gasteiger partial charge < -0.3 is 10.2 Å². The number of aliphatic imine (C=N–C) groups is 1. The summed E-state index contributed by atoms with van der Waals surface area (Å²) in [5, 5.41) is 12.7. The molecule has 4 heteroatoms. The van der Waals surface area contributed by atoms with Crippen LogP contribution >= 0.6 is 0 Å². The number of amidine groups is 1. The molecule has 0 aliphatic carbocycles. The van der Waals surface area contributed by atoms with Gasteiger partial charge in [0.05, 0.1) is 12.6 Å². The highest BCUT2D eigenvalue weighted by Gasteiger charge is 2.21. The SMILES string of the molecule is CN(C)CCN=C1Nc2ccccc2/C(=C/C#N)c2ccccc21. The summed E-state index contributed by atoms with van der Waals surface area (Å²) in [6.07, 6.45) is 1.61. The Labute approximate surface area is 142 Å². The first kappa shape index (κ1) is 16.0. The molecule has 3 rings (SSSR count). The number of allylic oxidation sites excluding steroid dienone is 1. The molecule has 1 heterocycles. The highest BCUT2D eigenvalue weighted by atomic mass is 15.1. The maximum atomic E-state index is 9.25. The number of para-hydroxylation sites is 1. The summed E-state index contributed by atoms with van der Waals surface area (Å²) in [6, 6.07) is 18.3. The van der Waals surface area contributed by atoms with Crippen LogP contribution in [0.1, 0.15) is 16.7 Å². The molecule has 2 aromatic rings. The third-order valence-corrected chi connectivity index (χ3v) is 3.97. The lowest BCUT2D eigenvalue weighted by atomic mass is 9.94. The van der Waals surface area contributed by atoms with Gasteiger partial charge in [-0.25, -0.2) is 0 Å². The van der Waals surface area contributed by atoms with Crippen LogP contribution in [0, 0.1) is 11.3 Å². The Balaban J connectivity index is 2.16. The molecule has 120 valence electrons. The maximum absolute atomic E-state index is 9.25. The van der Waals surface area contributed by atoms with Crippen molar-refractivity contribution in [3.8, 4) is 6.07 Å². The first-order valence-electron chi connectivity index (χ1n) is 7.96. The first-order chi connectivity index (χ1) is 11.7. The van der Waals surface area contributed by atoms with Crippen molar-refractivity contribution in [1.82, 2.24) is 4.90 Å². The van der Waals surface area contributed by atoms with E-state index in [1.807, 2.05) is 62.6 Å². The van der Waals surface area contributed by atoms with E-state index in [4.69, 9.17) is 4.99 Å². The van der Waals surface area contributed by atoms with Gasteiger partial charge in [0.1, 0.15) is 5.84 Å². The first-order valence-corrected chi connectivity index (χ1v) is 7.96. The van der Waals surface area contributed by atoms with E-state index < -0.39 is 0 Å². The summed E-state index contributed by atoms with van der Waals surface area (Å²) >= 11 is 0. The summed E-state index contributed by atoms with van der Waals surface area (Å²) in [6.45, 7) is 1.60. The minimum absolute atomic E-state index is 0.711. The fraction of sp³-hybridized carbons (Fsp3) is 0.200. The van der Waals surface area contributed by atoms with Crippen molar-refractivity contribution in [2.45, 2.75) is 0 Å². The maximum Gasteiger partial charge on any atom is 0.133 e. The Morgan fingerprint density at radius 2 is 1.71 bits per heavy atom. The molecule has 0 atom stereocenters. The van der Waals surface area contributed by atoms with Gasteiger partial charge in [0.25, 0.3) is 0 Å². The number of fused-ring (bicyclic) bond motifs is 2. The van der Waals surface area contributed by atoms with Crippen LogP contribution in [0.5, 0.6) is 0 Å². The second-order valence-electron chi connectivity index (χ2n) is 5.94. The number of benzene rings is 2. The number of nitriles is 1. The zero-order valence-corrected chi connectivity index (χ0v) is 14.0. The second-order valence-corrected chi connectivity index (χ2v) is 5.94. The standard InChI is InChI=1S/C20H20N4/c1-24(2)14-13-22-20-18-9-4-3-7-15(18)16(11-12-21)17-8-5-6-10-19(17)23-20/h3-11H,13-14H2,1-2H3,(H,22,23)/b16-11+. The average Bonchev–Trinajstić information content (AvgIpc) is 2.71. The molecule has 0 bridgehead atoms. The minimum atomic E-state index is 0.711. The van der Waals surface area contributed by atoms with Gasteiger partial charge in [-0.1, -0.05) is 42.5 Å². The van der Waals surface area contributed by atoms with Gasteiger partial charge in [0.2, 0.25) is 0 Å². The molecular formula is C20H20N4. The number of rotatable bonds is 3. The van der Waals surface area contributed by atoms with Gasteiger partial charge in [0.15, 0.2) is 0 Å². The summed E-state index contributed by atoms with van der Waals surface area (Å²) in [4.78, 5) is 6.88.